The van der Waals surface area contributed by atoms with Crippen molar-refractivity contribution in [2.24, 2.45) is 0 Å². The van der Waals surface area contributed by atoms with E-state index in [4.69, 9.17) is 11.5 Å². The van der Waals surface area contributed by atoms with Crippen LogP contribution in [-0.2, 0) is 4.79 Å². The molecule has 0 aromatic heterocycles. The van der Waals surface area contributed by atoms with Crippen molar-refractivity contribution in [1.29, 1.82) is 0 Å². The molecule has 0 spiro atoms. The molecule has 106 valence electrons. The topological polar surface area (TPSA) is 78.4 Å². The third-order valence-corrected chi connectivity index (χ3v) is 2.17. The van der Waals surface area contributed by atoms with Gasteiger partial charge in [0.25, 0.3) is 0 Å². The van der Waals surface area contributed by atoms with E-state index >= 15 is 0 Å². The first-order chi connectivity index (χ1) is 9.35. The van der Waals surface area contributed by atoms with Gasteiger partial charge in [0.2, 0.25) is 0 Å². The van der Waals surface area contributed by atoms with E-state index < -0.39 is 35.5 Å². The van der Waals surface area contributed by atoms with Crippen molar-refractivity contribution in [3.63, 3.8) is 0 Å². The zero-order valence-electron chi connectivity index (χ0n) is 9.91. The lowest BCUT2D eigenvalue weighted by Gasteiger charge is -2.13. The molecule has 0 aliphatic rings. The third-order valence-electron chi connectivity index (χ3n) is 2.17. The molecule has 0 heterocycles. The number of carbonyl (C=O) groups is 2. The largest absolute Gasteiger partial charge is 0.480 e. The van der Waals surface area contributed by atoms with Gasteiger partial charge in [-0.05, 0) is 0 Å². The molecule has 3 N–H and O–H groups in total. The molecule has 5 nitrogen and oxygen atoms in total. The lowest BCUT2D eigenvalue weighted by atomic mass is 10.2. The Kier molecular flexibility index (Phi) is 4.97. The fourth-order valence-electron chi connectivity index (χ4n) is 1.27. The molecule has 0 bridgehead atoms. The third kappa shape index (κ3) is 3.91. The Morgan fingerprint density at radius 2 is 1.85 bits per heavy atom. The molecule has 0 radical (unpaired) electrons. The van der Waals surface area contributed by atoms with Crippen LogP contribution in [0.5, 0.6) is 0 Å². The van der Waals surface area contributed by atoms with Crippen LogP contribution in [0.4, 0.5) is 23.7 Å². The van der Waals surface area contributed by atoms with E-state index in [1.54, 1.807) is 0 Å². The van der Waals surface area contributed by atoms with Gasteiger partial charge in [0.1, 0.15) is 6.04 Å². The van der Waals surface area contributed by atoms with Crippen LogP contribution < -0.4 is 10.6 Å². The molecule has 0 aliphatic heterocycles. The van der Waals surface area contributed by atoms with Crippen LogP contribution in [0, 0.1) is 29.8 Å². The number of benzene rings is 1. The van der Waals surface area contributed by atoms with E-state index in [1.807, 2.05) is 10.6 Å². The van der Waals surface area contributed by atoms with Gasteiger partial charge in [-0.1, -0.05) is 0 Å². The summed E-state index contributed by atoms with van der Waals surface area (Å²) >= 11 is 0. The van der Waals surface area contributed by atoms with E-state index in [9.17, 15) is 22.8 Å². The molecule has 2 amide bonds. The lowest BCUT2D eigenvalue weighted by Crippen LogP contribution is -2.42. The highest BCUT2D eigenvalue weighted by Gasteiger charge is 2.19. The summed E-state index contributed by atoms with van der Waals surface area (Å²) in [6.07, 6.45) is 4.66. The van der Waals surface area contributed by atoms with Crippen LogP contribution in [-0.4, -0.2) is 23.1 Å². The summed E-state index contributed by atoms with van der Waals surface area (Å²) in [6, 6.07) is -1.29. The van der Waals surface area contributed by atoms with Crippen LogP contribution in [0.25, 0.3) is 0 Å². The first-order valence-electron chi connectivity index (χ1n) is 5.23. The molecule has 1 rings (SSSR count). The maximum Gasteiger partial charge on any atom is 0.327 e. The van der Waals surface area contributed by atoms with Gasteiger partial charge in [0, 0.05) is 24.2 Å². The summed E-state index contributed by atoms with van der Waals surface area (Å²) in [7, 11) is 0. The molecular weight excluding hydrogens is 277 g/mol. The molecule has 1 unspecified atom stereocenters. The number of rotatable bonds is 4. The SMILES string of the molecule is C#CCC(NC(=O)Nc1cc(F)c(F)c(F)c1)C(=O)O. The van der Waals surface area contributed by atoms with Crippen LogP contribution >= 0.6 is 0 Å². The van der Waals surface area contributed by atoms with Crippen molar-refractivity contribution in [3.8, 4) is 12.3 Å². The number of terminal acetylenes is 1. The van der Waals surface area contributed by atoms with Crippen molar-refractivity contribution in [2.75, 3.05) is 5.32 Å². The molecule has 0 fully saturated rings. The minimum Gasteiger partial charge on any atom is -0.480 e. The predicted molar refractivity (Wildman–Crippen MR) is 63.3 cm³/mol. The fourth-order valence-corrected chi connectivity index (χ4v) is 1.27. The highest BCUT2D eigenvalue weighted by atomic mass is 19.2. The summed E-state index contributed by atoms with van der Waals surface area (Å²) in [4.78, 5) is 22.1. The Morgan fingerprint density at radius 1 is 1.30 bits per heavy atom. The number of anilines is 1. The number of hydrogen-bond donors (Lipinski definition) is 3. The maximum absolute atomic E-state index is 12.9. The van der Waals surface area contributed by atoms with Gasteiger partial charge in [-0.15, -0.1) is 12.3 Å². The van der Waals surface area contributed by atoms with Gasteiger partial charge < -0.3 is 15.7 Å². The Labute approximate surface area is 111 Å². The van der Waals surface area contributed by atoms with E-state index in [0.717, 1.165) is 0 Å². The van der Waals surface area contributed by atoms with Gasteiger partial charge in [-0.2, -0.15) is 0 Å². The summed E-state index contributed by atoms with van der Waals surface area (Å²) in [5, 5.41) is 12.7. The lowest BCUT2D eigenvalue weighted by molar-refractivity contribution is -0.139. The maximum atomic E-state index is 12.9. The number of carboxylic acids is 1. The van der Waals surface area contributed by atoms with E-state index in [2.05, 4.69) is 5.92 Å². The second-order valence-corrected chi connectivity index (χ2v) is 3.65. The average molecular weight is 286 g/mol. The number of carbonyl (C=O) groups excluding carboxylic acids is 1. The summed E-state index contributed by atoms with van der Waals surface area (Å²) in [5.41, 5.74) is -0.372. The normalized spacial score (nSPS) is 11.3. The highest BCUT2D eigenvalue weighted by molar-refractivity contribution is 5.92. The number of nitrogens with one attached hydrogen (secondary N) is 2. The molecule has 0 saturated carbocycles. The summed E-state index contributed by atoms with van der Waals surface area (Å²) in [6.45, 7) is 0. The number of urea groups is 1. The second kappa shape index (κ2) is 6.47. The number of hydrogen-bond acceptors (Lipinski definition) is 2. The number of amides is 2. The van der Waals surface area contributed by atoms with Crippen molar-refractivity contribution in [3.05, 3.63) is 29.6 Å². The number of aliphatic carboxylic acids is 1. The van der Waals surface area contributed by atoms with Crippen molar-refractivity contribution in [2.45, 2.75) is 12.5 Å². The van der Waals surface area contributed by atoms with Gasteiger partial charge in [-0.25, -0.2) is 22.8 Å². The first-order valence-corrected chi connectivity index (χ1v) is 5.23. The van der Waals surface area contributed by atoms with Crippen LogP contribution in [0.15, 0.2) is 12.1 Å². The minimum absolute atomic E-state index is 0.269. The van der Waals surface area contributed by atoms with Crippen molar-refractivity contribution >= 4 is 17.7 Å². The predicted octanol–water partition coefficient (Wildman–Crippen LogP) is 1.70. The van der Waals surface area contributed by atoms with E-state index in [-0.39, 0.29) is 12.1 Å². The van der Waals surface area contributed by atoms with Crippen LogP contribution in [0.2, 0.25) is 0 Å². The molecular formula is C12H9F3N2O3. The average Bonchev–Trinajstić information content (AvgIpc) is 2.35. The first kappa shape index (κ1) is 15.4. The highest BCUT2D eigenvalue weighted by Crippen LogP contribution is 2.17. The Morgan fingerprint density at radius 3 is 2.30 bits per heavy atom. The van der Waals surface area contributed by atoms with Gasteiger partial charge >= 0.3 is 12.0 Å². The van der Waals surface area contributed by atoms with Crippen LogP contribution in [0.1, 0.15) is 6.42 Å². The van der Waals surface area contributed by atoms with Crippen LogP contribution in [0.3, 0.4) is 0 Å². The molecule has 20 heavy (non-hydrogen) atoms. The Hall–Kier alpha value is -2.69. The van der Waals surface area contributed by atoms with Crippen molar-refractivity contribution in [1.82, 2.24) is 5.32 Å². The van der Waals surface area contributed by atoms with Crippen molar-refractivity contribution < 1.29 is 27.9 Å². The molecule has 8 heteroatoms. The molecule has 1 atom stereocenters. The minimum atomic E-state index is -1.67. The second-order valence-electron chi connectivity index (χ2n) is 3.65. The molecule has 1 aromatic carbocycles. The Bertz CT molecular complexity index is 561. The van der Waals surface area contributed by atoms with Gasteiger partial charge in [-0.3, -0.25) is 0 Å². The zero-order chi connectivity index (χ0) is 15.3. The molecule has 0 aliphatic carbocycles. The van der Waals surface area contributed by atoms with Gasteiger partial charge in [0.05, 0.1) is 0 Å². The Balaban J connectivity index is 2.76. The molecule has 0 saturated heterocycles. The monoisotopic (exact) mass is 286 g/mol. The summed E-state index contributed by atoms with van der Waals surface area (Å²) < 4.78 is 38.5. The standard InChI is InChI=1S/C12H9F3N2O3/c1-2-3-9(11(18)19)17-12(20)16-6-4-7(13)10(15)8(14)5-6/h1,4-5,9H,3H2,(H,18,19)(H2,16,17,20). The number of carboxylic acid groups (broad SMARTS) is 1. The summed E-state index contributed by atoms with van der Waals surface area (Å²) in [5.74, 6) is -3.96. The van der Waals surface area contributed by atoms with E-state index in [1.165, 1.54) is 0 Å². The van der Waals surface area contributed by atoms with E-state index in [0.29, 0.717) is 12.1 Å². The quantitative estimate of drug-likeness (QED) is 0.582. The smallest absolute Gasteiger partial charge is 0.327 e. The zero-order valence-corrected chi connectivity index (χ0v) is 9.91. The van der Waals surface area contributed by atoms with Gasteiger partial charge in [0.15, 0.2) is 17.5 Å². The fraction of sp³-hybridized carbons (Fsp3) is 0.167. The molecule has 1 aromatic rings. The number of halogens is 3.